The van der Waals surface area contributed by atoms with Crippen LogP contribution in [0.15, 0.2) is 24.8 Å². The predicted octanol–water partition coefficient (Wildman–Crippen LogP) is 2.75. The van der Waals surface area contributed by atoms with Crippen molar-refractivity contribution in [2.24, 2.45) is 0 Å². The van der Waals surface area contributed by atoms with E-state index in [0.717, 1.165) is 18.7 Å². The van der Waals surface area contributed by atoms with E-state index in [2.05, 4.69) is 25.4 Å². The zero-order valence-corrected chi connectivity index (χ0v) is 8.11. The van der Waals surface area contributed by atoms with Gasteiger partial charge in [-0.1, -0.05) is 40.0 Å². The van der Waals surface area contributed by atoms with E-state index in [0.29, 0.717) is 0 Å². The first kappa shape index (κ1) is 13.1. The van der Waals surface area contributed by atoms with Gasteiger partial charge >= 0.3 is 0 Å². The van der Waals surface area contributed by atoms with Crippen LogP contribution in [0.1, 0.15) is 27.2 Å². The van der Waals surface area contributed by atoms with Crippen LogP contribution in [-0.2, 0) is 0 Å². The van der Waals surface area contributed by atoms with Gasteiger partial charge in [0.05, 0.1) is 0 Å². The van der Waals surface area contributed by atoms with Gasteiger partial charge in [0.2, 0.25) is 0 Å². The van der Waals surface area contributed by atoms with Gasteiger partial charge < -0.3 is 5.32 Å². The highest BCUT2D eigenvalue weighted by Crippen LogP contribution is 1.85. The van der Waals surface area contributed by atoms with Gasteiger partial charge in [-0.25, -0.2) is 0 Å². The number of hydrogen-bond donors (Lipinski definition) is 1. The van der Waals surface area contributed by atoms with Crippen molar-refractivity contribution in [2.45, 2.75) is 27.2 Å². The van der Waals surface area contributed by atoms with Gasteiger partial charge in [0, 0.05) is 6.54 Å². The van der Waals surface area contributed by atoms with Crippen molar-refractivity contribution < 1.29 is 0 Å². The molecule has 0 saturated heterocycles. The van der Waals surface area contributed by atoms with Crippen LogP contribution in [0.3, 0.4) is 0 Å². The maximum absolute atomic E-state index is 3.76. The molecular weight excluding hydrogens is 134 g/mol. The second-order valence-corrected chi connectivity index (χ2v) is 2.04. The molecule has 66 valence electrons. The van der Waals surface area contributed by atoms with E-state index in [-0.39, 0.29) is 0 Å². The highest BCUT2D eigenvalue weighted by Gasteiger charge is 1.84. The van der Waals surface area contributed by atoms with Crippen LogP contribution in [-0.4, -0.2) is 13.1 Å². The van der Waals surface area contributed by atoms with Gasteiger partial charge in [0.25, 0.3) is 0 Å². The largest absolute Gasteiger partial charge is 0.313 e. The summed E-state index contributed by atoms with van der Waals surface area (Å²) in [5, 5.41) is 3.21. The first-order chi connectivity index (χ1) is 5.31. The Balaban J connectivity index is 0. The fraction of sp³-hybridized carbons (Fsp3) is 0.600. The Kier molecular flexibility index (Phi) is 14.4. The van der Waals surface area contributed by atoms with Gasteiger partial charge in [-0.3, -0.25) is 0 Å². The molecule has 0 fully saturated rings. The molecule has 0 unspecified atom stereocenters. The zero-order valence-electron chi connectivity index (χ0n) is 8.11. The van der Waals surface area contributed by atoms with Gasteiger partial charge in [-0.05, 0) is 18.5 Å². The van der Waals surface area contributed by atoms with E-state index in [9.17, 15) is 0 Å². The summed E-state index contributed by atoms with van der Waals surface area (Å²) in [7, 11) is 0. The van der Waals surface area contributed by atoms with E-state index in [4.69, 9.17) is 0 Å². The SMILES string of the molecule is C=CC(=C)CNCCC.CC. The highest BCUT2D eigenvalue weighted by atomic mass is 14.8. The summed E-state index contributed by atoms with van der Waals surface area (Å²) in [5.74, 6) is 0. The van der Waals surface area contributed by atoms with E-state index < -0.39 is 0 Å². The first-order valence-electron chi connectivity index (χ1n) is 4.32. The summed E-state index contributed by atoms with van der Waals surface area (Å²) >= 11 is 0. The highest BCUT2D eigenvalue weighted by molar-refractivity contribution is 5.12. The quantitative estimate of drug-likeness (QED) is 0.475. The van der Waals surface area contributed by atoms with Crippen molar-refractivity contribution >= 4 is 0 Å². The molecule has 0 atom stereocenters. The average Bonchev–Trinajstić information content (AvgIpc) is 2.08. The van der Waals surface area contributed by atoms with Crippen molar-refractivity contribution in [1.29, 1.82) is 0 Å². The van der Waals surface area contributed by atoms with Gasteiger partial charge in [-0.15, -0.1) is 0 Å². The molecule has 0 heterocycles. The molecular formula is C10H21N. The monoisotopic (exact) mass is 155 g/mol. The fourth-order valence-corrected chi connectivity index (χ4v) is 0.498. The van der Waals surface area contributed by atoms with Gasteiger partial charge in [0.1, 0.15) is 0 Å². The van der Waals surface area contributed by atoms with Crippen LogP contribution < -0.4 is 5.32 Å². The van der Waals surface area contributed by atoms with E-state index >= 15 is 0 Å². The average molecular weight is 155 g/mol. The lowest BCUT2D eigenvalue weighted by Gasteiger charge is -1.99. The number of hydrogen-bond acceptors (Lipinski definition) is 1. The Labute approximate surface area is 71.2 Å². The molecule has 0 bridgehead atoms. The molecule has 0 amide bonds. The normalized spacial score (nSPS) is 7.91. The Hall–Kier alpha value is -0.560. The van der Waals surface area contributed by atoms with Crippen LogP contribution >= 0.6 is 0 Å². The molecule has 0 aliphatic heterocycles. The third kappa shape index (κ3) is 12.6. The molecule has 0 radical (unpaired) electrons. The standard InChI is InChI=1S/C8H15N.C2H6/c1-4-6-9-7-8(3)5-2;1-2/h5,9H,2-4,6-7H2,1H3;1-2H3. The Bertz CT molecular complexity index is 95.0. The summed E-state index contributed by atoms with van der Waals surface area (Å²) in [6.45, 7) is 15.4. The topological polar surface area (TPSA) is 12.0 Å². The predicted molar refractivity (Wildman–Crippen MR) is 53.8 cm³/mol. The van der Waals surface area contributed by atoms with Crippen molar-refractivity contribution in [2.75, 3.05) is 13.1 Å². The van der Waals surface area contributed by atoms with Crippen molar-refractivity contribution in [3.63, 3.8) is 0 Å². The second-order valence-electron chi connectivity index (χ2n) is 2.04. The summed E-state index contributed by atoms with van der Waals surface area (Å²) < 4.78 is 0. The van der Waals surface area contributed by atoms with Crippen LogP contribution in [0.2, 0.25) is 0 Å². The lowest BCUT2D eigenvalue weighted by Crippen LogP contribution is -2.16. The molecule has 1 heteroatoms. The van der Waals surface area contributed by atoms with Crippen molar-refractivity contribution in [1.82, 2.24) is 5.32 Å². The molecule has 1 nitrogen and oxygen atoms in total. The zero-order chi connectivity index (χ0) is 9.11. The molecule has 0 aromatic rings. The summed E-state index contributed by atoms with van der Waals surface area (Å²) in [5.41, 5.74) is 1.06. The molecule has 0 rings (SSSR count). The minimum absolute atomic E-state index is 0.872. The third-order valence-corrected chi connectivity index (χ3v) is 1.07. The molecule has 0 spiro atoms. The van der Waals surface area contributed by atoms with E-state index in [1.807, 2.05) is 13.8 Å². The summed E-state index contributed by atoms with van der Waals surface area (Å²) in [4.78, 5) is 0. The lowest BCUT2D eigenvalue weighted by molar-refractivity contribution is 0.720. The fourth-order valence-electron chi connectivity index (χ4n) is 0.498. The lowest BCUT2D eigenvalue weighted by atomic mass is 10.3. The summed E-state index contributed by atoms with van der Waals surface area (Å²) in [6.07, 6.45) is 2.95. The summed E-state index contributed by atoms with van der Waals surface area (Å²) in [6, 6.07) is 0. The molecule has 0 aliphatic rings. The van der Waals surface area contributed by atoms with Gasteiger partial charge in [0.15, 0.2) is 0 Å². The molecule has 0 aliphatic carbocycles. The van der Waals surface area contributed by atoms with Crippen molar-refractivity contribution in [3.05, 3.63) is 24.8 Å². The molecule has 0 aromatic heterocycles. The van der Waals surface area contributed by atoms with Crippen molar-refractivity contribution in [3.8, 4) is 0 Å². The van der Waals surface area contributed by atoms with E-state index in [1.54, 1.807) is 6.08 Å². The van der Waals surface area contributed by atoms with Crippen LogP contribution in [0, 0.1) is 0 Å². The maximum Gasteiger partial charge on any atom is 0.0199 e. The minimum Gasteiger partial charge on any atom is -0.313 e. The minimum atomic E-state index is 0.872. The Morgan fingerprint density at radius 3 is 2.36 bits per heavy atom. The number of rotatable bonds is 5. The molecule has 1 N–H and O–H groups in total. The third-order valence-electron chi connectivity index (χ3n) is 1.07. The smallest absolute Gasteiger partial charge is 0.0199 e. The van der Waals surface area contributed by atoms with Crippen LogP contribution in [0.4, 0.5) is 0 Å². The Morgan fingerprint density at radius 1 is 1.45 bits per heavy atom. The molecule has 11 heavy (non-hydrogen) atoms. The first-order valence-corrected chi connectivity index (χ1v) is 4.32. The van der Waals surface area contributed by atoms with Gasteiger partial charge in [-0.2, -0.15) is 0 Å². The number of nitrogens with one attached hydrogen (secondary N) is 1. The van der Waals surface area contributed by atoms with E-state index in [1.165, 1.54) is 6.42 Å². The molecule has 0 aromatic carbocycles. The molecule has 0 saturated carbocycles. The van der Waals surface area contributed by atoms with Crippen LogP contribution in [0.5, 0.6) is 0 Å². The maximum atomic E-state index is 3.76. The van der Waals surface area contributed by atoms with Crippen LogP contribution in [0.25, 0.3) is 0 Å². The second kappa shape index (κ2) is 12.1. The Morgan fingerprint density at radius 2 is 2.00 bits per heavy atom.